The van der Waals surface area contributed by atoms with Crippen LogP contribution in [0.1, 0.15) is 44.9 Å². The molecular weight excluding hydrogens is 228 g/mol. The summed E-state index contributed by atoms with van der Waals surface area (Å²) >= 11 is 0. The second-order valence-electron chi connectivity index (χ2n) is 6.06. The van der Waals surface area contributed by atoms with Crippen LogP contribution in [-0.4, -0.2) is 59.6 Å². The number of aliphatic carboxylic acids is 1. The van der Waals surface area contributed by atoms with Crippen LogP contribution in [0.15, 0.2) is 0 Å². The van der Waals surface area contributed by atoms with Gasteiger partial charge in [-0.2, -0.15) is 0 Å². The van der Waals surface area contributed by atoms with E-state index in [0.29, 0.717) is 6.04 Å². The number of hydrogen-bond acceptors (Lipinski definition) is 3. The molecule has 2 rings (SSSR count). The van der Waals surface area contributed by atoms with Gasteiger partial charge in [-0.3, -0.25) is 9.69 Å². The summed E-state index contributed by atoms with van der Waals surface area (Å²) in [6.07, 6.45) is 8.20. The van der Waals surface area contributed by atoms with Crippen molar-refractivity contribution in [1.29, 1.82) is 0 Å². The molecule has 0 aromatic rings. The Hall–Kier alpha value is -0.610. The van der Waals surface area contributed by atoms with Crippen molar-refractivity contribution in [3.8, 4) is 0 Å². The largest absolute Gasteiger partial charge is 0.480 e. The van der Waals surface area contributed by atoms with Gasteiger partial charge in [0.1, 0.15) is 5.54 Å². The third kappa shape index (κ3) is 2.54. The van der Waals surface area contributed by atoms with Crippen molar-refractivity contribution in [2.75, 3.05) is 27.2 Å². The van der Waals surface area contributed by atoms with Crippen LogP contribution in [0.2, 0.25) is 0 Å². The first-order valence-corrected chi connectivity index (χ1v) is 7.21. The smallest absolute Gasteiger partial charge is 0.324 e. The zero-order valence-corrected chi connectivity index (χ0v) is 11.7. The highest BCUT2D eigenvalue weighted by atomic mass is 16.4. The fraction of sp³-hybridized carbons (Fsp3) is 0.929. The van der Waals surface area contributed by atoms with Crippen molar-refractivity contribution in [1.82, 2.24) is 9.80 Å². The molecule has 0 aromatic carbocycles. The molecule has 0 unspecified atom stereocenters. The first kappa shape index (κ1) is 13.8. The average molecular weight is 254 g/mol. The van der Waals surface area contributed by atoms with E-state index in [4.69, 9.17) is 0 Å². The van der Waals surface area contributed by atoms with Crippen LogP contribution in [0, 0.1) is 0 Å². The van der Waals surface area contributed by atoms with Crippen molar-refractivity contribution in [3.63, 3.8) is 0 Å². The summed E-state index contributed by atoms with van der Waals surface area (Å²) in [6, 6.07) is 0.715. The van der Waals surface area contributed by atoms with Crippen LogP contribution in [-0.2, 0) is 4.79 Å². The van der Waals surface area contributed by atoms with Crippen molar-refractivity contribution < 1.29 is 9.90 Å². The maximum atomic E-state index is 11.5. The minimum atomic E-state index is -0.657. The molecule has 4 heteroatoms. The number of carboxylic acids is 1. The van der Waals surface area contributed by atoms with Crippen molar-refractivity contribution in [2.24, 2.45) is 0 Å². The van der Waals surface area contributed by atoms with E-state index in [-0.39, 0.29) is 0 Å². The molecule has 4 nitrogen and oxygen atoms in total. The molecule has 0 bridgehead atoms. The zero-order valence-electron chi connectivity index (χ0n) is 11.7. The molecule has 1 N–H and O–H groups in total. The Morgan fingerprint density at radius 3 is 2.17 bits per heavy atom. The van der Waals surface area contributed by atoms with Gasteiger partial charge in [-0.1, -0.05) is 19.3 Å². The van der Waals surface area contributed by atoms with Gasteiger partial charge in [0.2, 0.25) is 0 Å². The van der Waals surface area contributed by atoms with Gasteiger partial charge < -0.3 is 10.0 Å². The summed E-state index contributed by atoms with van der Waals surface area (Å²) in [6.45, 7) is 1.88. The normalized spacial score (nSPS) is 26.4. The lowest BCUT2D eigenvalue weighted by molar-refractivity contribution is -0.153. The first-order valence-electron chi connectivity index (χ1n) is 7.21. The Labute approximate surface area is 110 Å². The molecule has 1 saturated heterocycles. The Balaban J connectivity index is 1.95. The van der Waals surface area contributed by atoms with Crippen molar-refractivity contribution >= 4 is 5.97 Å². The van der Waals surface area contributed by atoms with E-state index in [1.807, 2.05) is 19.0 Å². The number of hydrogen-bond donors (Lipinski definition) is 1. The van der Waals surface area contributed by atoms with Crippen LogP contribution < -0.4 is 0 Å². The van der Waals surface area contributed by atoms with E-state index in [9.17, 15) is 9.90 Å². The molecule has 0 radical (unpaired) electrons. The molecule has 1 saturated carbocycles. The van der Waals surface area contributed by atoms with Gasteiger partial charge in [0.05, 0.1) is 0 Å². The Kier molecular flexibility index (Phi) is 4.28. The third-order valence-electron chi connectivity index (χ3n) is 4.97. The predicted octanol–water partition coefficient (Wildman–Crippen LogP) is 1.80. The number of likely N-dealkylation sites (tertiary alicyclic amines) is 1. The van der Waals surface area contributed by atoms with Gasteiger partial charge in [0, 0.05) is 19.1 Å². The van der Waals surface area contributed by atoms with Gasteiger partial charge in [0.15, 0.2) is 0 Å². The van der Waals surface area contributed by atoms with Gasteiger partial charge in [-0.05, 0) is 39.8 Å². The Bertz CT molecular complexity index is 290. The molecule has 0 aromatic heterocycles. The monoisotopic (exact) mass is 254 g/mol. The summed E-state index contributed by atoms with van der Waals surface area (Å²) in [5.41, 5.74) is -0.634. The molecule has 0 atom stereocenters. The minimum Gasteiger partial charge on any atom is -0.480 e. The maximum Gasteiger partial charge on any atom is 0.324 e. The predicted molar refractivity (Wildman–Crippen MR) is 71.7 cm³/mol. The standard InChI is InChI=1S/C14H26N2O2/c1-15(2)14(13(17)18)8-10-16(11-9-14)12-6-4-3-5-7-12/h12H,3-11H2,1-2H3,(H,17,18). The van der Waals surface area contributed by atoms with Crippen molar-refractivity contribution in [3.05, 3.63) is 0 Å². The molecule has 0 spiro atoms. The number of nitrogens with zero attached hydrogens (tertiary/aromatic N) is 2. The highest BCUT2D eigenvalue weighted by Crippen LogP contribution is 2.31. The summed E-state index contributed by atoms with van der Waals surface area (Å²) < 4.78 is 0. The number of likely N-dealkylation sites (N-methyl/N-ethyl adjacent to an activating group) is 1. The zero-order chi connectivity index (χ0) is 13.2. The van der Waals surface area contributed by atoms with E-state index < -0.39 is 11.5 Å². The van der Waals surface area contributed by atoms with Gasteiger partial charge in [0.25, 0.3) is 0 Å². The first-order chi connectivity index (χ1) is 8.56. The topological polar surface area (TPSA) is 43.8 Å². The summed E-state index contributed by atoms with van der Waals surface area (Å²) in [7, 11) is 3.79. The third-order valence-corrected chi connectivity index (χ3v) is 4.97. The molecule has 1 aliphatic heterocycles. The van der Waals surface area contributed by atoms with Gasteiger partial charge >= 0.3 is 5.97 Å². The van der Waals surface area contributed by atoms with Crippen LogP contribution in [0.3, 0.4) is 0 Å². The van der Waals surface area contributed by atoms with E-state index in [1.165, 1.54) is 32.1 Å². The maximum absolute atomic E-state index is 11.5. The average Bonchev–Trinajstić information content (AvgIpc) is 2.39. The van der Waals surface area contributed by atoms with E-state index in [2.05, 4.69) is 4.90 Å². The van der Waals surface area contributed by atoms with E-state index in [1.54, 1.807) is 0 Å². The second-order valence-corrected chi connectivity index (χ2v) is 6.06. The Morgan fingerprint density at radius 1 is 1.17 bits per heavy atom. The SMILES string of the molecule is CN(C)C1(C(=O)O)CCN(C2CCCCC2)CC1. The fourth-order valence-corrected chi connectivity index (χ4v) is 3.56. The fourth-order valence-electron chi connectivity index (χ4n) is 3.56. The number of rotatable bonds is 3. The lowest BCUT2D eigenvalue weighted by atomic mass is 9.84. The molecule has 1 aliphatic carbocycles. The van der Waals surface area contributed by atoms with Crippen LogP contribution in [0.5, 0.6) is 0 Å². The summed E-state index contributed by atoms with van der Waals surface area (Å²) in [4.78, 5) is 16.0. The molecule has 2 aliphatic rings. The molecule has 0 amide bonds. The van der Waals surface area contributed by atoms with Crippen LogP contribution in [0.25, 0.3) is 0 Å². The minimum absolute atomic E-state index is 0.634. The lowest BCUT2D eigenvalue weighted by Crippen LogP contribution is -2.59. The highest BCUT2D eigenvalue weighted by Gasteiger charge is 2.44. The second kappa shape index (κ2) is 5.57. The van der Waals surface area contributed by atoms with Crippen LogP contribution in [0.4, 0.5) is 0 Å². The highest BCUT2D eigenvalue weighted by molar-refractivity contribution is 5.79. The lowest BCUT2D eigenvalue weighted by Gasteiger charge is -2.46. The summed E-state index contributed by atoms with van der Waals surface area (Å²) in [5, 5.41) is 9.50. The molecule has 104 valence electrons. The Morgan fingerprint density at radius 2 is 1.72 bits per heavy atom. The molecular formula is C14H26N2O2. The van der Waals surface area contributed by atoms with Crippen LogP contribution >= 0.6 is 0 Å². The van der Waals surface area contributed by atoms with E-state index in [0.717, 1.165) is 25.9 Å². The molecule has 1 heterocycles. The quantitative estimate of drug-likeness (QED) is 0.834. The number of carboxylic acid groups (broad SMARTS) is 1. The van der Waals surface area contributed by atoms with Gasteiger partial charge in [-0.15, -0.1) is 0 Å². The number of piperidine rings is 1. The van der Waals surface area contributed by atoms with Gasteiger partial charge in [-0.25, -0.2) is 0 Å². The van der Waals surface area contributed by atoms with Crippen molar-refractivity contribution in [2.45, 2.75) is 56.5 Å². The van der Waals surface area contributed by atoms with E-state index >= 15 is 0 Å². The molecule has 18 heavy (non-hydrogen) atoms. The number of carbonyl (C=O) groups is 1. The molecule has 2 fully saturated rings. The summed E-state index contributed by atoms with van der Waals surface area (Å²) in [5.74, 6) is -0.657.